The van der Waals surface area contributed by atoms with Gasteiger partial charge in [0, 0.05) is 11.8 Å². The van der Waals surface area contributed by atoms with Crippen molar-refractivity contribution in [2.24, 2.45) is 0 Å². The van der Waals surface area contributed by atoms with Crippen LogP contribution >= 0.6 is 23.2 Å². The van der Waals surface area contributed by atoms with Crippen LogP contribution in [0, 0.1) is 5.82 Å². The molecule has 0 aliphatic carbocycles. The molecule has 0 spiro atoms. The minimum Gasteiger partial charge on any atom is -0.322 e. The predicted octanol–water partition coefficient (Wildman–Crippen LogP) is 4.78. The summed E-state index contributed by atoms with van der Waals surface area (Å²) in [5, 5.41) is 3.41. The second kappa shape index (κ2) is 6.55. The maximum Gasteiger partial charge on any atom is 0.248 e. The Hall–Kier alpha value is -1.84. The van der Waals surface area contributed by atoms with E-state index < -0.39 is 0 Å². The lowest BCUT2D eigenvalue weighted by Gasteiger charge is -2.03. The zero-order valence-corrected chi connectivity index (χ0v) is 11.8. The van der Waals surface area contributed by atoms with Gasteiger partial charge in [-0.2, -0.15) is 0 Å². The molecule has 2 aromatic rings. The van der Waals surface area contributed by atoms with Crippen LogP contribution in [0.4, 0.5) is 10.1 Å². The molecular weight excluding hydrogens is 300 g/mol. The van der Waals surface area contributed by atoms with Gasteiger partial charge in [-0.1, -0.05) is 35.3 Å². The first kappa shape index (κ1) is 14.6. The van der Waals surface area contributed by atoms with E-state index in [9.17, 15) is 9.18 Å². The van der Waals surface area contributed by atoms with Gasteiger partial charge in [0.05, 0.1) is 10.0 Å². The zero-order chi connectivity index (χ0) is 14.5. The van der Waals surface area contributed by atoms with Crippen molar-refractivity contribution in [1.82, 2.24) is 0 Å². The highest BCUT2D eigenvalue weighted by Gasteiger charge is 2.02. The maximum absolute atomic E-state index is 13.0. The lowest BCUT2D eigenvalue weighted by Crippen LogP contribution is -2.07. The van der Waals surface area contributed by atoms with Crippen molar-refractivity contribution < 1.29 is 9.18 Å². The second-order valence-corrected chi connectivity index (χ2v) is 4.82. The first-order valence-electron chi connectivity index (χ1n) is 5.74. The van der Waals surface area contributed by atoms with Gasteiger partial charge in [-0.15, -0.1) is 0 Å². The summed E-state index contributed by atoms with van der Waals surface area (Å²) in [6.07, 6.45) is 2.84. The summed E-state index contributed by atoms with van der Waals surface area (Å²) in [6, 6.07) is 10.7. The molecule has 1 amide bonds. The second-order valence-electron chi connectivity index (χ2n) is 4.01. The molecule has 0 heterocycles. The Morgan fingerprint density at radius 2 is 1.90 bits per heavy atom. The van der Waals surface area contributed by atoms with Crippen LogP contribution in [0.1, 0.15) is 5.56 Å². The molecule has 2 nitrogen and oxygen atoms in total. The van der Waals surface area contributed by atoms with Crippen molar-refractivity contribution in [1.29, 1.82) is 0 Å². The Labute approximate surface area is 125 Å². The molecule has 0 fully saturated rings. The smallest absolute Gasteiger partial charge is 0.248 e. The number of nitrogens with one attached hydrogen (secondary N) is 1. The van der Waals surface area contributed by atoms with Gasteiger partial charge in [0.15, 0.2) is 0 Å². The van der Waals surface area contributed by atoms with Crippen LogP contribution in [-0.4, -0.2) is 5.91 Å². The molecule has 0 saturated carbocycles. The van der Waals surface area contributed by atoms with E-state index >= 15 is 0 Å². The number of rotatable bonds is 3. The monoisotopic (exact) mass is 309 g/mol. The average molecular weight is 310 g/mol. The van der Waals surface area contributed by atoms with E-state index in [0.717, 1.165) is 0 Å². The molecule has 0 aliphatic rings. The van der Waals surface area contributed by atoms with E-state index in [1.165, 1.54) is 24.3 Å². The molecule has 1 N–H and O–H groups in total. The molecule has 20 heavy (non-hydrogen) atoms. The molecule has 0 atom stereocenters. The molecule has 0 bridgehead atoms. The minimum atomic E-state index is -0.350. The largest absolute Gasteiger partial charge is 0.322 e. The molecule has 0 saturated heterocycles. The van der Waals surface area contributed by atoms with Gasteiger partial charge in [0.1, 0.15) is 5.82 Å². The van der Waals surface area contributed by atoms with Gasteiger partial charge in [-0.3, -0.25) is 4.79 Å². The van der Waals surface area contributed by atoms with Gasteiger partial charge in [-0.05, 0) is 42.0 Å². The van der Waals surface area contributed by atoms with Crippen molar-refractivity contribution in [3.63, 3.8) is 0 Å². The maximum atomic E-state index is 13.0. The van der Waals surface area contributed by atoms with Crippen LogP contribution in [0.15, 0.2) is 48.5 Å². The fourth-order valence-electron chi connectivity index (χ4n) is 1.54. The Morgan fingerprint density at radius 1 is 1.10 bits per heavy atom. The summed E-state index contributed by atoms with van der Waals surface area (Å²) in [7, 11) is 0. The molecule has 102 valence electrons. The summed E-state index contributed by atoms with van der Waals surface area (Å²) < 4.78 is 13.0. The number of amides is 1. The fourth-order valence-corrected chi connectivity index (χ4v) is 1.84. The van der Waals surface area contributed by atoms with E-state index in [0.29, 0.717) is 21.3 Å². The number of hydrogen-bond acceptors (Lipinski definition) is 1. The third-order valence-corrected chi connectivity index (χ3v) is 3.20. The van der Waals surface area contributed by atoms with E-state index in [1.807, 2.05) is 0 Å². The summed E-state index contributed by atoms with van der Waals surface area (Å²) in [6.45, 7) is 0. The van der Waals surface area contributed by atoms with Crippen molar-refractivity contribution in [2.45, 2.75) is 0 Å². The van der Waals surface area contributed by atoms with Crippen LogP contribution in [0.2, 0.25) is 10.0 Å². The van der Waals surface area contributed by atoms with Crippen molar-refractivity contribution in [3.05, 3.63) is 70.0 Å². The van der Waals surface area contributed by atoms with Crippen LogP contribution in [0.25, 0.3) is 6.08 Å². The Bertz CT molecular complexity index is 671. The number of carbonyl (C=O) groups is 1. The molecule has 0 aliphatic heterocycles. The topological polar surface area (TPSA) is 29.1 Å². The van der Waals surface area contributed by atoms with E-state index in [4.69, 9.17) is 23.2 Å². The van der Waals surface area contributed by atoms with Crippen LogP contribution in [0.3, 0.4) is 0 Å². The highest BCUT2D eigenvalue weighted by Crippen LogP contribution is 2.24. The number of carbonyl (C=O) groups excluding carboxylic acids is 1. The normalized spacial score (nSPS) is 10.8. The first-order valence-corrected chi connectivity index (χ1v) is 6.50. The quantitative estimate of drug-likeness (QED) is 0.812. The average Bonchev–Trinajstić information content (AvgIpc) is 2.41. The number of anilines is 1. The van der Waals surface area contributed by atoms with Gasteiger partial charge < -0.3 is 5.32 Å². The van der Waals surface area contributed by atoms with E-state index in [2.05, 4.69) is 5.32 Å². The first-order chi connectivity index (χ1) is 9.54. The molecular formula is C15H10Cl2FNO. The molecule has 0 aromatic heterocycles. The molecule has 0 radical (unpaired) electrons. The Morgan fingerprint density at radius 3 is 2.60 bits per heavy atom. The molecule has 0 unspecified atom stereocenters. The summed E-state index contributed by atoms with van der Waals surface area (Å²) in [4.78, 5) is 11.7. The number of halogens is 3. The summed E-state index contributed by atoms with van der Waals surface area (Å²) >= 11 is 11.6. The zero-order valence-electron chi connectivity index (χ0n) is 10.2. The Balaban J connectivity index is 2.03. The van der Waals surface area contributed by atoms with E-state index in [-0.39, 0.29) is 11.7 Å². The third-order valence-electron chi connectivity index (χ3n) is 2.46. The lowest BCUT2D eigenvalue weighted by atomic mass is 10.2. The fraction of sp³-hybridized carbons (Fsp3) is 0. The van der Waals surface area contributed by atoms with Crippen molar-refractivity contribution >= 4 is 40.9 Å². The predicted molar refractivity (Wildman–Crippen MR) is 80.5 cm³/mol. The van der Waals surface area contributed by atoms with Gasteiger partial charge >= 0.3 is 0 Å². The van der Waals surface area contributed by atoms with Crippen LogP contribution in [0.5, 0.6) is 0 Å². The van der Waals surface area contributed by atoms with Crippen molar-refractivity contribution in [3.8, 4) is 0 Å². The molecule has 5 heteroatoms. The standard InChI is InChI=1S/C15H10Cl2FNO/c16-13-6-5-12(9-14(13)17)19-15(20)7-4-10-2-1-3-11(18)8-10/h1-9H,(H,19,20)/b7-4+. The number of benzene rings is 2. The lowest BCUT2D eigenvalue weighted by molar-refractivity contribution is -0.111. The Kier molecular flexibility index (Phi) is 4.77. The summed E-state index contributed by atoms with van der Waals surface area (Å²) in [5.41, 5.74) is 1.14. The molecule has 2 aromatic carbocycles. The van der Waals surface area contributed by atoms with Crippen molar-refractivity contribution in [2.75, 3.05) is 5.32 Å². The molecule has 2 rings (SSSR count). The summed E-state index contributed by atoms with van der Waals surface area (Å²) in [5.74, 6) is -0.690. The van der Waals surface area contributed by atoms with Crippen LogP contribution in [-0.2, 0) is 4.79 Å². The SMILES string of the molecule is O=C(/C=C/c1cccc(F)c1)Nc1ccc(Cl)c(Cl)c1. The number of hydrogen-bond donors (Lipinski definition) is 1. The van der Waals surface area contributed by atoms with Crippen LogP contribution < -0.4 is 5.32 Å². The minimum absolute atomic E-state index is 0.340. The van der Waals surface area contributed by atoms with Gasteiger partial charge in [-0.25, -0.2) is 4.39 Å². The third kappa shape index (κ3) is 4.08. The van der Waals surface area contributed by atoms with Gasteiger partial charge in [0.2, 0.25) is 5.91 Å². The van der Waals surface area contributed by atoms with Gasteiger partial charge in [0.25, 0.3) is 0 Å². The highest BCUT2D eigenvalue weighted by molar-refractivity contribution is 6.42. The van der Waals surface area contributed by atoms with E-state index in [1.54, 1.807) is 30.3 Å². The highest BCUT2D eigenvalue weighted by atomic mass is 35.5.